The van der Waals surface area contributed by atoms with Gasteiger partial charge in [-0.05, 0) is 34.8 Å². The summed E-state index contributed by atoms with van der Waals surface area (Å²) in [6.07, 6.45) is 3.03. The van der Waals surface area contributed by atoms with Gasteiger partial charge in [0.2, 0.25) is 5.09 Å². The number of rotatable bonds is 5. The van der Waals surface area contributed by atoms with Crippen LogP contribution in [0.3, 0.4) is 0 Å². The summed E-state index contributed by atoms with van der Waals surface area (Å²) < 4.78 is 31.3. The van der Waals surface area contributed by atoms with E-state index in [1.807, 2.05) is 0 Å². The molecule has 1 aliphatic carbocycles. The number of aliphatic carboxylic acids is 1. The zero-order valence-electron chi connectivity index (χ0n) is 9.35. The number of carbonyl (C=O) groups is 1. The van der Waals surface area contributed by atoms with Crippen molar-refractivity contribution in [2.75, 3.05) is 6.54 Å². The lowest BCUT2D eigenvalue weighted by molar-refractivity contribution is -0.153. The monoisotopic (exact) mass is 337 g/mol. The zero-order valence-corrected chi connectivity index (χ0v) is 11.8. The number of furan rings is 1. The molecule has 0 amide bonds. The maximum Gasteiger partial charge on any atom is 0.310 e. The Morgan fingerprint density at radius 2 is 2.22 bits per heavy atom. The third-order valence-electron chi connectivity index (χ3n) is 3.19. The Kier molecular flexibility index (Phi) is 3.52. The fourth-order valence-electron chi connectivity index (χ4n) is 1.84. The topological polar surface area (TPSA) is 96.6 Å². The molecule has 1 aliphatic rings. The molecule has 1 aromatic heterocycles. The van der Waals surface area contributed by atoms with Gasteiger partial charge in [0, 0.05) is 6.54 Å². The molecule has 2 rings (SSSR count). The number of carboxylic acids is 1. The van der Waals surface area contributed by atoms with Crippen LogP contribution in [-0.2, 0) is 14.8 Å². The first-order valence-corrected chi connectivity index (χ1v) is 7.61. The third kappa shape index (κ3) is 2.32. The van der Waals surface area contributed by atoms with Gasteiger partial charge in [-0.15, -0.1) is 0 Å². The second-order valence-corrected chi connectivity index (χ2v) is 6.84. The summed E-state index contributed by atoms with van der Waals surface area (Å²) >= 11 is 3.05. The first-order valence-electron chi connectivity index (χ1n) is 5.33. The number of hydrogen-bond donors (Lipinski definition) is 2. The van der Waals surface area contributed by atoms with E-state index >= 15 is 0 Å². The highest BCUT2D eigenvalue weighted by Gasteiger charge is 2.45. The quantitative estimate of drug-likeness (QED) is 0.850. The van der Waals surface area contributed by atoms with E-state index in [2.05, 4.69) is 20.7 Å². The molecule has 0 unspecified atom stereocenters. The second kappa shape index (κ2) is 4.67. The number of halogens is 1. The molecule has 1 heterocycles. The summed E-state index contributed by atoms with van der Waals surface area (Å²) in [5.41, 5.74) is -0.966. The van der Waals surface area contributed by atoms with E-state index in [1.54, 1.807) is 0 Å². The summed E-state index contributed by atoms with van der Waals surface area (Å²) in [7, 11) is -3.82. The van der Waals surface area contributed by atoms with Crippen LogP contribution in [0.1, 0.15) is 19.3 Å². The smallest absolute Gasteiger partial charge is 0.310 e. The van der Waals surface area contributed by atoms with E-state index in [0.29, 0.717) is 17.3 Å². The van der Waals surface area contributed by atoms with Gasteiger partial charge in [0.15, 0.2) is 0 Å². The predicted octanol–water partition coefficient (Wildman–Crippen LogP) is 1.58. The molecule has 8 heteroatoms. The molecule has 100 valence electrons. The normalized spacial score (nSPS) is 18.3. The second-order valence-electron chi connectivity index (χ2n) is 4.32. The summed E-state index contributed by atoms with van der Waals surface area (Å²) in [5, 5.41) is 8.86. The maximum atomic E-state index is 11.9. The van der Waals surface area contributed by atoms with Crippen LogP contribution < -0.4 is 4.72 Å². The van der Waals surface area contributed by atoms with E-state index in [9.17, 15) is 13.2 Å². The molecule has 1 aromatic rings. The summed E-state index contributed by atoms with van der Waals surface area (Å²) in [6.45, 7) is -0.113. The van der Waals surface area contributed by atoms with Crippen LogP contribution >= 0.6 is 15.9 Å². The zero-order chi connectivity index (χ0) is 13.4. The average molecular weight is 338 g/mol. The lowest BCUT2D eigenvalue weighted by Crippen LogP contribution is -2.47. The predicted molar refractivity (Wildman–Crippen MR) is 65.5 cm³/mol. The number of nitrogens with one attached hydrogen (secondary N) is 1. The van der Waals surface area contributed by atoms with Crippen molar-refractivity contribution in [2.24, 2.45) is 5.41 Å². The minimum Gasteiger partial charge on any atom is -0.481 e. The number of carboxylic acid groups (broad SMARTS) is 1. The molecular weight excluding hydrogens is 326 g/mol. The fourth-order valence-corrected chi connectivity index (χ4v) is 3.79. The van der Waals surface area contributed by atoms with Crippen LogP contribution in [0.4, 0.5) is 0 Å². The summed E-state index contributed by atoms with van der Waals surface area (Å²) in [4.78, 5) is 11.1. The van der Waals surface area contributed by atoms with E-state index in [-0.39, 0.29) is 11.6 Å². The number of hydrogen-bond acceptors (Lipinski definition) is 4. The van der Waals surface area contributed by atoms with Crippen LogP contribution in [-0.4, -0.2) is 26.0 Å². The van der Waals surface area contributed by atoms with Crippen LogP contribution in [0.5, 0.6) is 0 Å². The lowest BCUT2D eigenvalue weighted by atomic mass is 9.69. The van der Waals surface area contributed by atoms with Crippen molar-refractivity contribution in [3.05, 3.63) is 16.8 Å². The summed E-state index contributed by atoms with van der Waals surface area (Å²) in [6, 6.07) is 1.46. The van der Waals surface area contributed by atoms with E-state index in [1.165, 1.54) is 12.3 Å². The average Bonchev–Trinajstić information content (AvgIpc) is 2.62. The molecular formula is C10H12BrNO5S. The van der Waals surface area contributed by atoms with Crippen LogP contribution in [0.15, 0.2) is 26.3 Å². The van der Waals surface area contributed by atoms with Gasteiger partial charge >= 0.3 is 5.97 Å². The Balaban J connectivity index is 2.11. The van der Waals surface area contributed by atoms with E-state index in [4.69, 9.17) is 9.52 Å². The van der Waals surface area contributed by atoms with E-state index < -0.39 is 21.4 Å². The van der Waals surface area contributed by atoms with Gasteiger partial charge in [-0.3, -0.25) is 4.79 Å². The molecule has 18 heavy (non-hydrogen) atoms. The van der Waals surface area contributed by atoms with E-state index in [0.717, 1.165) is 6.42 Å². The highest BCUT2D eigenvalue weighted by molar-refractivity contribution is 9.10. The van der Waals surface area contributed by atoms with Crippen LogP contribution in [0, 0.1) is 5.41 Å². The van der Waals surface area contributed by atoms with Gasteiger partial charge in [-0.25, -0.2) is 13.1 Å². The molecule has 0 spiro atoms. The van der Waals surface area contributed by atoms with Crippen molar-refractivity contribution in [1.29, 1.82) is 0 Å². The molecule has 1 saturated carbocycles. The highest BCUT2D eigenvalue weighted by atomic mass is 79.9. The minimum absolute atomic E-state index is 0.113. The maximum absolute atomic E-state index is 11.9. The molecule has 2 N–H and O–H groups in total. The Hall–Kier alpha value is -0.860. The van der Waals surface area contributed by atoms with Crippen molar-refractivity contribution in [2.45, 2.75) is 24.4 Å². The van der Waals surface area contributed by atoms with Gasteiger partial charge in [0.05, 0.1) is 16.2 Å². The molecule has 0 aliphatic heterocycles. The van der Waals surface area contributed by atoms with Gasteiger partial charge in [-0.1, -0.05) is 6.42 Å². The molecule has 0 bridgehead atoms. The Morgan fingerprint density at radius 1 is 1.56 bits per heavy atom. The Bertz CT molecular complexity index is 561. The summed E-state index contributed by atoms with van der Waals surface area (Å²) in [5.74, 6) is -0.963. The van der Waals surface area contributed by atoms with Crippen molar-refractivity contribution in [1.82, 2.24) is 4.72 Å². The van der Waals surface area contributed by atoms with Crippen molar-refractivity contribution < 1.29 is 22.7 Å². The SMILES string of the molecule is O=C(O)C1(CNS(=O)(=O)c2occc2Br)CCC1. The number of sulfonamides is 1. The van der Waals surface area contributed by atoms with Gasteiger partial charge in [0.25, 0.3) is 10.0 Å². The lowest BCUT2D eigenvalue weighted by Gasteiger charge is -2.37. The van der Waals surface area contributed by atoms with Crippen molar-refractivity contribution in [3.63, 3.8) is 0 Å². The fraction of sp³-hybridized carbons (Fsp3) is 0.500. The Morgan fingerprint density at radius 3 is 2.61 bits per heavy atom. The van der Waals surface area contributed by atoms with Gasteiger partial charge in [-0.2, -0.15) is 0 Å². The largest absolute Gasteiger partial charge is 0.481 e. The molecule has 6 nitrogen and oxygen atoms in total. The minimum atomic E-state index is -3.82. The molecule has 0 atom stereocenters. The van der Waals surface area contributed by atoms with Crippen LogP contribution in [0.2, 0.25) is 0 Å². The third-order valence-corrected chi connectivity index (χ3v) is 5.41. The first kappa shape index (κ1) is 13.6. The molecule has 1 fully saturated rings. The first-order chi connectivity index (χ1) is 8.37. The van der Waals surface area contributed by atoms with Gasteiger partial charge < -0.3 is 9.52 Å². The molecule has 0 saturated heterocycles. The van der Waals surface area contributed by atoms with Crippen molar-refractivity contribution >= 4 is 31.9 Å². The Labute approximate surface area is 113 Å². The van der Waals surface area contributed by atoms with Crippen molar-refractivity contribution in [3.8, 4) is 0 Å². The van der Waals surface area contributed by atoms with Crippen LogP contribution in [0.25, 0.3) is 0 Å². The molecule has 0 radical (unpaired) electrons. The highest BCUT2D eigenvalue weighted by Crippen LogP contribution is 2.40. The standard InChI is InChI=1S/C10H12BrNO5S/c11-7-2-5-17-8(7)18(15,16)12-6-10(9(13)14)3-1-4-10/h2,5,12H,1,3-4,6H2,(H,13,14). The molecule has 0 aromatic carbocycles. The van der Waals surface area contributed by atoms with Gasteiger partial charge in [0.1, 0.15) is 0 Å².